The number of carbonyl (C=O) groups is 1. The first-order valence-corrected chi connectivity index (χ1v) is 6.67. The van der Waals surface area contributed by atoms with E-state index in [0.29, 0.717) is 12.0 Å². The van der Waals surface area contributed by atoms with E-state index in [1.165, 1.54) is 0 Å². The number of rotatable bonds is 6. The van der Waals surface area contributed by atoms with Crippen LogP contribution in [0, 0.1) is 0 Å². The molecule has 0 atom stereocenters. The highest BCUT2D eigenvalue weighted by Gasteiger charge is 2.15. The number of aromatic carboxylic acids is 1. The Bertz CT molecular complexity index is 543. The lowest BCUT2D eigenvalue weighted by molar-refractivity contribution is 0.0695. The van der Waals surface area contributed by atoms with Crippen LogP contribution in [-0.4, -0.2) is 15.6 Å². The predicted molar refractivity (Wildman–Crippen MR) is 75.5 cm³/mol. The maximum Gasteiger partial charge on any atom is 0.337 e. The third-order valence-electron chi connectivity index (χ3n) is 3.28. The summed E-state index contributed by atoms with van der Waals surface area (Å²) >= 11 is 0. The number of benzene rings is 1. The molecule has 1 aromatic carbocycles. The van der Waals surface area contributed by atoms with Gasteiger partial charge in [-0.1, -0.05) is 43.7 Å². The minimum atomic E-state index is -0.846. The number of unbranched alkanes of at least 4 members (excludes halogenated alkanes) is 1. The van der Waals surface area contributed by atoms with Gasteiger partial charge in [-0.2, -0.15) is 0 Å². The van der Waals surface area contributed by atoms with Crippen LogP contribution in [0.1, 0.15) is 41.4 Å². The molecule has 3 heteroatoms. The van der Waals surface area contributed by atoms with Crippen LogP contribution in [0.5, 0.6) is 0 Å². The summed E-state index contributed by atoms with van der Waals surface area (Å²) < 4.78 is 2.07. The summed E-state index contributed by atoms with van der Waals surface area (Å²) in [4.78, 5) is 11.3. The highest BCUT2D eigenvalue weighted by molar-refractivity contribution is 5.89. The van der Waals surface area contributed by atoms with E-state index in [4.69, 9.17) is 0 Å². The van der Waals surface area contributed by atoms with Crippen LogP contribution in [0.3, 0.4) is 0 Å². The fourth-order valence-electron chi connectivity index (χ4n) is 2.22. The first-order chi connectivity index (χ1) is 9.22. The van der Waals surface area contributed by atoms with Crippen LogP contribution in [0.4, 0.5) is 0 Å². The Hall–Kier alpha value is -2.03. The molecule has 0 saturated heterocycles. The molecule has 0 unspecified atom stereocenters. The van der Waals surface area contributed by atoms with Gasteiger partial charge in [0, 0.05) is 24.9 Å². The Balaban J connectivity index is 2.29. The number of nitrogens with zero attached hydrogens (tertiary/aromatic N) is 1. The molecule has 19 heavy (non-hydrogen) atoms. The molecule has 1 aromatic heterocycles. The number of carboxylic acid groups (broad SMARTS) is 1. The zero-order valence-corrected chi connectivity index (χ0v) is 11.2. The molecule has 0 bridgehead atoms. The molecule has 100 valence electrons. The minimum Gasteiger partial charge on any atom is -0.478 e. The molecule has 0 spiro atoms. The van der Waals surface area contributed by atoms with Gasteiger partial charge in [-0.25, -0.2) is 4.79 Å². The zero-order chi connectivity index (χ0) is 13.7. The third kappa shape index (κ3) is 3.25. The van der Waals surface area contributed by atoms with Crippen LogP contribution in [0.25, 0.3) is 0 Å². The normalized spacial score (nSPS) is 10.6. The number of hydrogen-bond donors (Lipinski definition) is 1. The van der Waals surface area contributed by atoms with Crippen molar-refractivity contribution in [3.8, 4) is 0 Å². The second-order valence-electron chi connectivity index (χ2n) is 4.69. The lowest BCUT2D eigenvalue weighted by Gasteiger charge is -2.10. The molecule has 1 heterocycles. The fourth-order valence-corrected chi connectivity index (χ4v) is 2.22. The van der Waals surface area contributed by atoms with Crippen molar-refractivity contribution in [3.63, 3.8) is 0 Å². The largest absolute Gasteiger partial charge is 0.478 e. The van der Waals surface area contributed by atoms with Crippen molar-refractivity contribution in [1.82, 2.24) is 4.57 Å². The van der Waals surface area contributed by atoms with Gasteiger partial charge in [0.15, 0.2) is 0 Å². The molecule has 0 radical (unpaired) electrons. The number of carboxylic acids is 1. The summed E-state index contributed by atoms with van der Waals surface area (Å²) in [6.45, 7) is 3.02. The monoisotopic (exact) mass is 257 g/mol. The summed E-state index contributed by atoms with van der Waals surface area (Å²) in [6, 6.07) is 11.7. The molecule has 0 amide bonds. The molecule has 0 aliphatic heterocycles. The average Bonchev–Trinajstić information content (AvgIpc) is 2.80. The first-order valence-electron chi connectivity index (χ1n) is 6.67. The van der Waals surface area contributed by atoms with Gasteiger partial charge in [0.1, 0.15) is 0 Å². The van der Waals surface area contributed by atoms with E-state index in [1.54, 1.807) is 6.07 Å². The lowest BCUT2D eigenvalue weighted by atomic mass is 10.1. The van der Waals surface area contributed by atoms with Gasteiger partial charge in [-0.05, 0) is 18.1 Å². The van der Waals surface area contributed by atoms with Crippen LogP contribution >= 0.6 is 0 Å². The second kappa shape index (κ2) is 6.23. The van der Waals surface area contributed by atoms with Crippen LogP contribution < -0.4 is 0 Å². The summed E-state index contributed by atoms with van der Waals surface area (Å²) in [5.41, 5.74) is 2.45. The Morgan fingerprint density at radius 3 is 2.58 bits per heavy atom. The van der Waals surface area contributed by atoms with Crippen molar-refractivity contribution >= 4 is 5.97 Å². The second-order valence-corrected chi connectivity index (χ2v) is 4.69. The van der Waals surface area contributed by atoms with Gasteiger partial charge in [-0.3, -0.25) is 0 Å². The van der Waals surface area contributed by atoms with Crippen molar-refractivity contribution in [2.45, 2.75) is 32.7 Å². The number of aryl methyl sites for hydroxylation is 1. The number of aromatic nitrogens is 1. The van der Waals surface area contributed by atoms with E-state index in [-0.39, 0.29) is 0 Å². The van der Waals surface area contributed by atoms with Gasteiger partial charge in [-0.15, -0.1) is 0 Å². The zero-order valence-electron chi connectivity index (χ0n) is 11.2. The van der Waals surface area contributed by atoms with Gasteiger partial charge >= 0.3 is 5.97 Å². The maximum atomic E-state index is 11.3. The van der Waals surface area contributed by atoms with Gasteiger partial charge in [0.25, 0.3) is 0 Å². The maximum absolute atomic E-state index is 11.3. The van der Waals surface area contributed by atoms with Crippen molar-refractivity contribution in [2.75, 3.05) is 0 Å². The highest BCUT2D eigenvalue weighted by atomic mass is 16.4. The molecule has 0 aliphatic rings. The quantitative estimate of drug-likeness (QED) is 0.859. The minimum absolute atomic E-state index is 0.417. The molecule has 2 rings (SSSR count). The van der Waals surface area contributed by atoms with Crippen LogP contribution in [-0.2, 0) is 13.0 Å². The van der Waals surface area contributed by atoms with E-state index in [9.17, 15) is 9.90 Å². The van der Waals surface area contributed by atoms with Gasteiger partial charge < -0.3 is 9.67 Å². The average molecular weight is 257 g/mol. The van der Waals surface area contributed by atoms with E-state index in [2.05, 4.69) is 11.5 Å². The molecule has 2 aromatic rings. The molecule has 0 fully saturated rings. The molecular formula is C16H19NO2. The lowest BCUT2D eigenvalue weighted by Crippen LogP contribution is -2.08. The summed E-state index contributed by atoms with van der Waals surface area (Å²) in [5.74, 6) is -0.846. The van der Waals surface area contributed by atoms with Gasteiger partial charge in [0.2, 0.25) is 0 Å². The Morgan fingerprint density at radius 2 is 1.95 bits per heavy atom. The van der Waals surface area contributed by atoms with Crippen LogP contribution in [0.15, 0.2) is 42.6 Å². The molecular weight excluding hydrogens is 238 g/mol. The Morgan fingerprint density at radius 1 is 1.21 bits per heavy atom. The third-order valence-corrected chi connectivity index (χ3v) is 3.28. The Labute approximate surface area is 113 Å². The van der Waals surface area contributed by atoms with Crippen molar-refractivity contribution in [1.29, 1.82) is 0 Å². The van der Waals surface area contributed by atoms with Crippen molar-refractivity contribution in [2.24, 2.45) is 0 Å². The van der Waals surface area contributed by atoms with E-state index in [1.807, 2.05) is 36.5 Å². The summed E-state index contributed by atoms with van der Waals surface area (Å²) in [6.07, 6.45) is 4.72. The fraction of sp³-hybridized carbons (Fsp3) is 0.312. The first kappa shape index (κ1) is 13.4. The molecule has 3 nitrogen and oxygen atoms in total. The smallest absolute Gasteiger partial charge is 0.337 e. The van der Waals surface area contributed by atoms with E-state index >= 15 is 0 Å². The molecule has 1 N–H and O–H groups in total. The summed E-state index contributed by atoms with van der Waals surface area (Å²) in [7, 11) is 0. The standard InChI is InChI=1S/C16H19NO2/c1-2-3-10-17-11-9-14(16(18)19)15(17)12-13-7-5-4-6-8-13/h4-9,11H,2-3,10,12H2,1H3,(H,18,19). The molecule has 0 aliphatic carbocycles. The highest BCUT2D eigenvalue weighted by Crippen LogP contribution is 2.17. The molecule has 0 saturated carbocycles. The predicted octanol–water partition coefficient (Wildman–Crippen LogP) is 3.58. The SMILES string of the molecule is CCCCn1ccc(C(=O)O)c1Cc1ccccc1. The van der Waals surface area contributed by atoms with Crippen LogP contribution in [0.2, 0.25) is 0 Å². The van der Waals surface area contributed by atoms with E-state index in [0.717, 1.165) is 30.6 Å². The summed E-state index contributed by atoms with van der Waals surface area (Å²) in [5, 5.41) is 9.27. The van der Waals surface area contributed by atoms with Gasteiger partial charge in [0.05, 0.1) is 5.56 Å². The topological polar surface area (TPSA) is 42.2 Å². The van der Waals surface area contributed by atoms with E-state index < -0.39 is 5.97 Å². The van der Waals surface area contributed by atoms with Crippen molar-refractivity contribution < 1.29 is 9.90 Å². The number of hydrogen-bond acceptors (Lipinski definition) is 1. The Kier molecular flexibility index (Phi) is 4.39. The van der Waals surface area contributed by atoms with Crippen molar-refractivity contribution in [3.05, 3.63) is 59.4 Å².